The lowest BCUT2D eigenvalue weighted by Gasteiger charge is -2.33. The number of nitrogens with one attached hydrogen (secondary N) is 2. The van der Waals surface area contributed by atoms with Crippen molar-refractivity contribution in [3.05, 3.63) is 41.1 Å². The summed E-state index contributed by atoms with van der Waals surface area (Å²) in [6, 6.07) is 9.05. The molecule has 2 saturated carbocycles. The number of fused-ring (bicyclic) bond motifs is 1. The normalized spacial score (nSPS) is 23.5. The van der Waals surface area contributed by atoms with Gasteiger partial charge in [-0.25, -0.2) is 4.98 Å². The second-order valence-corrected chi connectivity index (χ2v) is 9.68. The van der Waals surface area contributed by atoms with Gasteiger partial charge in [0.2, 0.25) is 5.95 Å². The summed E-state index contributed by atoms with van der Waals surface area (Å²) in [6.45, 7) is 4.19. The fourth-order valence-corrected chi connectivity index (χ4v) is 5.42. The van der Waals surface area contributed by atoms with Crippen LogP contribution >= 0.6 is 12.4 Å². The second-order valence-electron chi connectivity index (χ2n) is 9.68. The van der Waals surface area contributed by atoms with Crippen LogP contribution in [0.1, 0.15) is 67.7 Å². The largest absolute Gasteiger partial charge is 0.374 e. The topological polar surface area (TPSA) is 62.3 Å². The van der Waals surface area contributed by atoms with Gasteiger partial charge in [0.1, 0.15) is 5.82 Å². The molecule has 0 radical (unpaired) electrons. The molecule has 0 spiro atoms. The van der Waals surface area contributed by atoms with Crippen molar-refractivity contribution in [2.75, 3.05) is 29.9 Å². The predicted octanol–water partition coefficient (Wildman–Crippen LogP) is 4.91. The Bertz CT molecular complexity index is 927. The third-order valence-corrected chi connectivity index (χ3v) is 7.45. The maximum absolute atomic E-state index is 6.01. The van der Waals surface area contributed by atoms with Gasteiger partial charge >= 0.3 is 0 Å². The van der Waals surface area contributed by atoms with Crippen molar-refractivity contribution in [3.63, 3.8) is 0 Å². The van der Waals surface area contributed by atoms with Gasteiger partial charge in [0.25, 0.3) is 0 Å². The fourth-order valence-electron chi connectivity index (χ4n) is 5.42. The number of morpholine rings is 1. The Morgan fingerprint density at radius 2 is 1.78 bits per heavy atom. The van der Waals surface area contributed by atoms with Crippen molar-refractivity contribution < 1.29 is 4.74 Å². The van der Waals surface area contributed by atoms with E-state index in [0.29, 0.717) is 6.10 Å². The van der Waals surface area contributed by atoms with Crippen LogP contribution in [0.5, 0.6) is 0 Å². The fraction of sp³-hybridized carbons (Fsp3) is 0.600. The minimum absolute atomic E-state index is 0. The molecule has 2 aliphatic heterocycles. The summed E-state index contributed by atoms with van der Waals surface area (Å²) in [7, 11) is 0. The maximum Gasteiger partial charge on any atom is 0.227 e. The van der Waals surface area contributed by atoms with Crippen molar-refractivity contribution in [2.24, 2.45) is 5.92 Å². The first kappa shape index (κ1) is 21.9. The van der Waals surface area contributed by atoms with E-state index in [9.17, 15) is 0 Å². The van der Waals surface area contributed by atoms with Crippen molar-refractivity contribution in [1.82, 2.24) is 15.3 Å². The lowest BCUT2D eigenvalue weighted by atomic mass is 9.84. The Hall–Kier alpha value is -1.89. The molecule has 1 saturated heterocycles. The minimum Gasteiger partial charge on any atom is -0.374 e. The van der Waals surface area contributed by atoms with Gasteiger partial charge in [0, 0.05) is 37.4 Å². The smallest absolute Gasteiger partial charge is 0.227 e. The zero-order chi connectivity index (χ0) is 20.6. The van der Waals surface area contributed by atoms with E-state index in [1.54, 1.807) is 0 Å². The molecule has 2 aliphatic carbocycles. The summed E-state index contributed by atoms with van der Waals surface area (Å²) in [5, 5.41) is 7.06. The van der Waals surface area contributed by atoms with Crippen LogP contribution in [0.3, 0.4) is 0 Å². The molecular weight excluding hydrogens is 422 g/mol. The standard InChI is InChI=1S/C25H33N5O.ClH/c1-2-4-17(5-3-1)18-8-10-20(11-9-18)27-24-21-14-26-15-22(21)28-25(29-24)30-12-13-31-23(16-30)19-6-7-19;/h8-11,17,19,23,26H,1-7,12-16H2,(H,27,28,29);1H. The summed E-state index contributed by atoms with van der Waals surface area (Å²) in [5.41, 5.74) is 4.92. The molecule has 4 aliphatic rings. The number of aromatic nitrogens is 2. The summed E-state index contributed by atoms with van der Waals surface area (Å²) < 4.78 is 6.01. The second kappa shape index (κ2) is 9.54. The van der Waals surface area contributed by atoms with Crippen molar-refractivity contribution in [2.45, 2.75) is 70.1 Å². The molecule has 32 heavy (non-hydrogen) atoms. The number of ether oxygens (including phenoxy) is 1. The van der Waals surface area contributed by atoms with Crippen LogP contribution in [0.25, 0.3) is 0 Å². The van der Waals surface area contributed by atoms with E-state index in [-0.39, 0.29) is 12.4 Å². The minimum atomic E-state index is 0. The molecule has 3 heterocycles. The zero-order valence-electron chi connectivity index (χ0n) is 18.7. The van der Waals surface area contributed by atoms with Crippen LogP contribution in [-0.4, -0.2) is 35.8 Å². The van der Waals surface area contributed by atoms with Crippen LogP contribution in [0.15, 0.2) is 24.3 Å². The number of hydrogen-bond acceptors (Lipinski definition) is 6. The van der Waals surface area contributed by atoms with Gasteiger partial charge < -0.3 is 20.3 Å². The molecule has 172 valence electrons. The quantitative estimate of drug-likeness (QED) is 0.668. The molecule has 0 bridgehead atoms. The summed E-state index contributed by atoms with van der Waals surface area (Å²) in [6.07, 6.45) is 9.76. The first-order chi connectivity index (χ1) is 15.3. The number of nitrogens with zero attached hydrogens (tertiary/aromatic N) is 3. The summed E-state index contributed by atoms with van der Waals surface area (Å²) in [5.74, 6) is 3.27. The van der Waals surface area contributed by atoms with Gasteiger partial charge in [-0.1, -0.05) is 31.4 Å². The van der Waals surface area contributed by atoms with Crippen LogP contribution in [0, 0.1) is 5.92 Å². The monoisotopic (exact) mass is 455 g/mol. The van der Waals surface area contributed by atoms with Crippen molar-refractivity contribution in [3.8, 4) is 0 Å². The molecule has 0 amide bonds. The molecule has 1 atom stereocenters. The molecule has 6 rings (SSSR count). The molecule has 1 aromatic heterocycles. The summed E-state index contributed by atoms with van der Waals surface area (Å²) in [4.78, 5) is 12.2. The van der Waals surface area contributed by atoms with Gasteiger partial charge in [-0.3, -0.25) is 0 Å². The number of hydrogen-bond donors (Lipinski definition) is 2. The lowest BCUT2D eigenvalue weighted by Crippen LogP contribution is -2.44. The van der Waals surface area contributed by atoms with Crippen LogP contribution in [0.2, 0.25) is 0 Å². The Morgan fingerprint density at radius 3 is 2.56 bits per heavy atom. The SMILES string of the molecule is Cl.c1cc(C2CCCCC2)ccc1Nc1nc(N2CCOC(C3CC3)C2)nc2c1CNC2. The van der Waals surface area contributed by atoms with E-state index in [0.717, 1.165) is 67.8 Å². The van der Waals surface area contributed by atoms with E-state index in [4.69, 9.17) is 14.7 Å². The molecule has 1 aromatic carbocycles. The average Bonchev–Trinajstić information content (AvgIpc) is 3.57. The first-order valence-electron chi connectivity index (χ1n) is 12.2. The molecule has 7 heteroatoms. The third-order valence-electron chi connectivity index (χ3n) is 7.45. The Balaban J connectivity index is 0.00000216. The number of halogens is 1. The van der Waals surface area contributed by atoms with Crippen molar-refractivity contribution in [1.29, 1.82) is 0 Å². The van der Waals surface area contributed by atoms with Crippen LogP contribution in [-0.2, 0) is 17.8 Å². The number of benzene rings is 1. The van der Waals surface area contributed by atoms with Crippen molar-refractivity contribution >= 4 is 29.9 Å². The zero-order valence-corrected chi connectivity index (χ0v) is 19.5. The highest BCUT2D eigenvalue weighted by Crippen LogP contribution is 2.37. The average molecular weight is 456 g/mol. The van der Waals surface area contributed by atoms with E-state index >= 15 is 0 Å². The van der Waals surface area contributed by atoms with Gasteiger partial charge in [-0.2, -0.15) is 4.98 Å². The molecule has 6 nitrogen and oxygen atoms in total. The molecule has 3 fully saturated rings. The molecule has 1 unspecified atom stereocenters. The predicted molar refractivity (Wildman–Crippen MR) is 130 cm³/mol. The Kier molecular flexibility index (Phi) is 6.54. The molecular formula is C25H34ClN5O. The highest BCUT2D eigenvalue weighted by molar-refractivity contribution is 5.85. The summed E-state index contributed by atoms with van der Waals surface area (Å²) >= 11 is 0. The third kappa shape index (κ3) is 4.59. The van der Waals surface area contributed by atoms with Gasteiger partial charge in [0.05, 0.1) is 18.4 Å². The molecule has 2 N–H and O–H groups in total. The van der Waals surface area contributed by atoms with Crippen LogP contribution in [0.4, 0.5) is 17.5 Å². The van der Waals surface area contributed by atoms with E-state index in [2.05, 4.69) is 39.8 Å². The number of anilines is 3. The van der Waals surface area contributed by atoms with Gasteiger partial charge in [-0.05, 0) is 55.2 Å². The van der Waals surface area contributed by atoms with Gasteiger partial charge in [-0.15, -0.1) is 12.4 Å². The highest BCUT2D eigenvalue weighted by Gasteiger charge is 2.36. The number of rotatable bonds is 5. The highest BCUT2D eigenvalue weighted by atomic mass is 35.5. The van der Waals surface area contributed by atoms with E-state index in [1.165, 1.54) is 56.1 Å². The van der Waals surface area contributed by atoms with E-state index < -0.39 is 0 Å². The maximum atomic E-state index is 6.01. The van der Waals surface area contributed by atoms with E-state index in [1.807, 2.05) is 0 Å². The first-order valence-corrected chi connectivity index (χ1v) is 12.2. The Morgan fingerprint density at radius 1 is 0.969 bits per heavy atom. The van der Waals surface area contributed by atoms with Gasteiger partial charge in [0.15, 0.2) is 0 Å². The van der Waals surface area contributed by atoms with Crippen LogP contribution < -0.4 is 15.5 Å². The lowest BCUT2D eigenvalue weighted by molar-refractivity contribution is 0.0258. The Labute approximate surface area is 197 Å². The molecule has 2 aromatic rings.